The van der Waals surface area contributed by atoms with Crippen LogP contribution in [-0.2, 0) is 19.4 Å². The van der Waals surface area contributed by atoms with Crippen molar-refractivity contribution in [2.75, 3.05) is 18.5 Å². The molecule has 174 valence electrons. The second-order valence-corrected chi connectivity index (χ2v) is 11.0. The van der Waals surface area contributed by atoms with E-state index in [4.69, 9.17) is 4.74 Å². The number of hydrogen-bond donors (Lipinski definition) is 1. The molecule has 5 rings (SSSR count). The minimum atomic E-state index is -3.42. The van der Waals surface area contributed by atoms with Crippen LogP contribution in [0.1, 0.15) is 43.7 Å². The fourth-order valence-electron chi connectivity index (χ4n) is 4.56. The lowest BCUT2D eigenvalue weighted by atomic mass is 9.92. The molecule has 1 unspecified atom stereocenters. The lowest BCUT2D eigenvalue weighted by Gasteiger charge is -2.26. The van der Waals surface area contributed by atoms with Gasteiger partial charge in [0, 0.05) is 31.0 Å². The number of rotatable bonds is 7. The van der Waals surface area contributed by atoms with Gasteiger partial charge >= 0.3 is 0 Å². The Kier molecular flexibility index (Phi) is 5.88. The highest BCUT2D eigenvalue weighted by Crippen LogP contribution is 2.39. The van der Waals surface area contributed by atoms with Crippen LogP contribution in [0.4, 0.5) is 5.82 Å². The van der Waals surface area contributed by atoms with E-state index in [0.717, 1.165) is 12.8 Å². The van der Waals surface area contributed by atoms with Gasteiger partial charge in [0.15, 0.2) is 15.7 Å². The van der Waals surface area contributed by atoms with Crippen LogP contribution in [0.5, 0.6) is 0 Å². The fourth-order valence-corrected chi connectivity index (χ4v) is 6.64. The molecule has 1 saturated carbocycles. The summed E-state index contributed by atoms with van der Waals surface area (Å²) in [7, 11) is -3.42. The number of carbonyl (C=O) groups excluding carboxylic acids is 1. The Morgan fingerprint density at radius 3 is 2.67 bits per heavy atom. The van der Waals surface area contributed by atoms with Crippen molar-refractivity contribution in [3.63, 3.8) is 0 Å². The molecule has 0 radical (unpaired) electrons. The zero-order valence-corrected chi connectivity index (χ0v) is 19.3. The zero-order valence-electron chi connectivity index (χ0n) is 18.5. The largest absolute Gasteiger partial charge is 0.381 e. The topological polar surface area (TPSA) is 116 Å². The maximum atomic E-state index is 13.4. The normalized spacial score (nSPS) is 18.3. The Morgan fingerprint density at radius 2 is 1.97 bits per heavy atom. The molecule has 2 aliphatic rings. The van der Waals surface area contributed by atoms with E-state index >= 15 is 0 Å². The van der Waals surface area contributed by atoms with Gasteiger partial charge in [-0.3, -0.25) is 14.5 Å². The first-order chi connectivity index (χ1) is 15.9. The van der Waals surface area contributed by atoms with Crippen LogP contribution in [0.15, 0.2) is 41.8 Å². The highest BCUT2D eigenvalue weighted by Gasteiger charge is 2.39. The molecule has 1 saturated heterocycles. The first-order valence-corrected chi connectivity index (χ1v) is 12.8. The van der Waals surface area contributed by atoms with E-state index in [1.165, 1.54) is 12.4 Å². The second-order valence-electron chi connectivity index (χ2n) is 8.87. The molecule has 33 heavy (non-hydrogen) atoms. The highest BCUT2D eigenvalue weighted by atomic mass is 32.2. The summed E-state index contributed by atoms with van der Waals surface area (Å²) in [5.74, 6) is 0.415. The van der Waals surface area contributed by atoms with Crippen molar-refractivity contribution in [1.82, 2.24) is 19.7 Å². The Labute approximate surface area is 192 Å². The van der Waals surface area contributed by atoms with Crippen molar-refractivity contribution in [1.29, 1.82) is 0 Å². The average Bonchev–Trinajstić information content (AvgIpc) is 3.60. The quantitative estimate of drug-likeness (QED) is 0.565. The molecular weight excluding hydrogens is 442 g/mol. The lowest BCUT2D eigenvalue weighted by molar-refractivity contribution is -0.120. The molecule has 1 aromatic carbocycles. The van der Waals surface area contributed by atoms with Crippen molar-refractivity contribution < 1.29 is 17.9 Å². The summed E-state index contributed by atoms with van der Waals surface area (Å²) < 4.78 is 33.5. The standard InChI is InChI=1S/C23H27N5O4S/c1-15-2-5-19-18(22(15)33(30,31)17-3-4-17)13-26-28(19)20(12-16-6-10-32-11-7-16)23(29)27-21-14-24-8-9-25-21/h2,5,8-9,13-14,16-17,20H,3-4,6-7,10-12H2,1H3,(H,25,27,29). The molecule has 1 atom stereocenters. The van der Waals surface area contributed by atoms with Gasteiger partial charge in [-0.25, -0.2) is 13.4 Å². The van der Waals surface area contributed by atoms with Crippen LogP contribution in [0, 0.1) is 12.8 Å². The molecule has 3 aromatic rings. The zero-order chi connectivity index (χ0) is 23.0. The van der Waals surface area contributed by atoms with Gasteiger partial charge in [0.05, 0.1) is 28.1 Å². The van der Waals surface area contributed by atoms with E-state index < -0.39 is 15.9 Å². The summed E-state index contributed by atoms with van der Waals surface area (Å²) in [5.41, 5.74) is 1.35. The number of ether oxygens (including phenoxy) is 1. The number of carbonyl (C=O) groups is 1. The van der Waals surface area contributed by atoms with E-state index in [-0.39, 0.29) is 11.2 Å². The average molecular weight is 470 g/mol. The van der Waals surface area contributed by atoms with E-state index in [1.807, 2.05) is 19.1 Å². The Hall–Kier alpha value is -2.85. The highest BCUT2D eigenvalue weighted by molar-refractivity contribution is 7.92. The fraction of sp³-hybridized carbons (Fsp3) is 0.478. The number of sulfone groups is 1. The van der Waals surface area contributed by atoms with E-state index in [2.05, 4.69) is 20.4 Å². The van der Waals surface area contributed by atoms with E-state index in [9.17, 15) is 13.2 Å². The number of fused-ring (bicyclic) bond motifs is 1. The summed E-state index contributed by atoms with van der Waals surface area (Å²) in [4.78, 5) is 21.9. The summed E-state index contributed by atoms with van der Waals surface area (Å²) in [6, 6.07) is 3.05. The van der Waals surface area contributed by atoms with Crippen LogP contribution in [0.25, 0.3) is 10.9 Å². The smallest absolute Gasteiger partial charge is 0.250 e. The predicted molar refractivity (Wildman–Crippen MR) is 123 cm³/mol. The van der Waals surface area contributed by atoms with Crippen molar-refractivity contribution in [2.45, 2.75) is 55.2 Å². The first kappa shape index (κ1) is 22.0. The van der Waals surface area contributed by atoms with E-state index in [0.29, 0.717) is 65.6 Å². The molecule has 2 fully saturated rings. The van der Waals surface area contributed by atoms with Crippen molar-refractivity contribution in [2.24, 2.45) is 5.92 Å². The van der Waals surface area contributed by atoms with Gasteiger partial charge in [0.25, 0.3) is 0 Å². The number of amides is 1. The third-order valence-corrected chi connectivity index (χ3v) is 8.95. The van der Waals surface area contributed by atoms with Crippen LogP contribution in [0.2, 0.25) is 0 Å². The maximum Gasteiger partial charge on any atom is 0.250 e. The second kappa shape index (κ2) is 8.83. The minimum absolute atomic E-state index is 0.251. The van der Waals surface area contributed by atoms with Crippen LogP contribution >= 0.6 is 0 Å². The number of hydrogen-bond acceptors (Lipinski definition) is 7. The summed E-state index contributed by atoms with van der Waals surface area (Å²) in [6.45, 7) is 3.16. The summed E-state index contributed by atoms with van der Waals surface area (Å²) in [6.07, 6.45) is 9.84. The van der Waals surface area contributed by atoms with Crippen LogP contribution in [0.3, 0.4) is 0 Å². The summed E-state index contributed by atoms with van der Waals surface area (Å²) in [5, 5.41) is 7.65. The van der Waals surface area contributed by atoms with Gasteiger partial charge in [0.2, 0.25) is 5.91 Å². The Bertz CT molecular complexity index is 1260. The minimum Gasteiger partial charge on any atom is -0.381 e. The molecule has 10 heteroatoms. The molecule has 1 N–H and O–H groups in total. The van der Waals surface area contributed by atoms with Crippen LogP contribution in [-0.4, -0.2) is 52.5 Å². The third-order valence-electron chi connectivity index (χ3n) is 6.49. The monoisotopic (exact) mass is 469 g/mol. The Balaban J connectivity index is 1.55. The molecule has 9 nitrogen and oxygen atoms in total. The molecule has 1 amide bonds. The molecular formula is C23H27N5O4S. The number of aryl methyl sites for hydroxylation is 1. The molecule has 0 bridgehead atoms. The Morgan fingerprint density at radius 1 is 1.18 bits per heavy atom. The SMILES string of the molecule is Cc1ccc2c(cnn2C(CC2CCOCC2)C(=O)Nc2cnccn2)c1S(=O)(=O)C1CC1. The first-order valence-electron chi connectivity index (χ1n) is 11.3. The molecule has 2 aromatic heterocycles. The number of anilines is 1. The van der Waals surface area contributed by atoms with Crippen LogP contribution < -0.4 is 5.32 Å². The molecule has 1 aliphatic heterocycles. The number of nitrogens with one attached hydrogen (secondary N) is 1. The summed E-state index contributed by atoms with van der Waals surface area (Å²) >= 11 is 0. The third kappa shape index (κ3) is 4.37. The van der Waals surface area contributed by atoms with Crippen molar-refractivity contribution in [3.05, 3.63) is 42.5 Å². The predicted octanol–water partition coefficient (Wildman–Crippen LogP) is 3.07. The van der Waals surface area contributed by atoms with Crippen molar-refractivity contribution in [3.8, 4) is 0 Å². The molecule has 0 spiro atoms. The molecule has 3 heterocycles. The van der Waals surface area contributed by atoms with Crippen molar-refractivity contribution >= 4 is 32.5 Å². The van der Waals surface area contributed by atoms with Gasteiger partial charge in [-0.2, -0.15) is 5.10 Å². The molecule has 1 aliphatic carbocycles. The van der Waals surface area contributed by atoms with Gasteiger partial charge < -0.3 is 10.1 Å². The number of benzene rings is 1. The maximum absolute atomic E-state index is 13.4. The number of aromatic nitrogens is 4. The van der Waals surface area contributed by atoms with Gasteiger partial charge in [-0.15, -0.1) is 0 Å². The lowest BCUT2D eigenvalue weighted by Crippen LogP contribution is -2.30. The van der Waals surface area contributed by atoms with Gasteiger partial charge in [-0.1, -0.05) is 6.07 Å². The van der Waals surface area contributed by atoms with Gasteiger partial charge in [-0.05, 0) is 56.6 Å². The number of nitrogens with zero attached hydrogens (tertiary/aromatic N) is 4. The van der Waals surface area contributed by atoms with E-state index in [1.54, 1.807) is 17.1 Å². The van der Waals surface area contributed by atoms with Gasteiger partial charge in [0.1, 0.15) is 6.04 Å².